The minimum absolute atomic E-state index is 0.268. The van der Waals surface area contributed by atoms with Gasteiger partial charge in [0, 0.05) is 27.8 Å². The third-order valence-electron chi connectivity index (χ3n) is 11.3. The van der Waals surface area contributed by atoms with Gasteiger partial charge in [-0.2, -0.15) is 0 Å². The molecule has 0 aliphatic rings. The van der Waals surface area contributed by atoms with E-state index in [-0.39, 0.29) is 5.41 Å². The van der Waals surface area contributed by atoms with Gasteiger partial charge in [-0.1, -0.05) is 139 Å². The van der Waals surface area contributed by atoms with Crippen LogP contribution >= 0.6 is 17.2 Å². The van der Waals surface area contributed by atoms with Gasteiger partial charge in [0.15, 0.2) is 0 Å². The van der Waals surface area contributed by atoms with Crippen molar-refractivity contribution in [3.63, 3.8) is 0 Å². The van der Waals surface area contributed by atoms with Crippen LogP contribution in [0.4, 0.5) is 0 Å². The fourth-order valence-electron chi connectivity index (χ4n) is 7.61. The molecule has 6 rings (SSSR count). The van der Waals surface area contributed by atoms with Crippen LogP contribution in [0.15, 0.2) is 109 Å². The summed E-state index contributed by atoms with van der Waals surface area (Å²) in [4.78, 5) is 0. The summed E-state index contributed by atoms with van der Waals surface area (Å²) in [7, 11) is -4.24. The molecule has 0 unspecified atom stereocenters. The van der Waals surface area contributed by atoms with Crippen LogP contribution in [0, 0.1) is 41.5 Å². The predicted molar refractivity (Wildman–Crippen MR) is 280 cm³/mol. The second-order valence-corrected chi connectivity index (χ2v) is 23.8. The largest absolute Gasteiger partial charge is 0.530 e. The molecule has 7 nitrogen and oxygen atoms in total. The van der Waals surface area contributed by atoms with Gasteiger partial charge < -0.3 is 31.9 Å². The van der Waals surface area contributed by atoms with E-state index in [1.807, 2.05) is 97.1 Å². The summed E-state index contributed by atoms with van der Waals surface area (Å²) in [5.74, 6) is 4.50. The summed E-state index contributed by atoms with van der Waals surface area (Å²) in [6, 6.07) is 36.3. The Balaban J connectivity index is 1.73. The van der Waals surface area contributed by atoms with Crippen molar-refractivity contribution in [2.75, 3.05) is 0 Å². The monoisotopic (exact) mass is 942 g/mol. The van der Waals surface area contributed by atoms with Crippen molar-refractivity contribution in [3.05, 3.63) is 159 Å². The van der Waals surface area contributed by atoms with Gasteiger partial charge in [0.1, 0.15) is 45.8 Å². The first kappa shape index (κ1) is 51.2. The molecule has 6 aromatic rings. The first-order valence-corrected chi connectivity index (χ1v) is 25.4. The summed E-state index contributed by atoms with van der Waals surface area (Å²) < 4.78 is 48.9. The van der Waals surface area contributed by atoms with Crippen molar-refractivity contribution >= 4 is 17.2 Å². The number of aryl methyl sites for hydroxylation is 4. The maximum atomic E-state index is 7.44. The molecular weight excluding hydrogens is 871 g/mol. The smallest absolute Gasteiger partial charge is 0.488 e. The summed E-state index contributed by atoms with van der Waals surface area (Å²) in [5.41, 5.74) is 9.46. The Morgan fingerprint density at radius 2 is 0.612 bits per heavy atom. The van der Waals surface area contributed by atoms with Crippen molar-refractivity contribution in [1.82, 2.24) is 0 Å². The van der Waals surface area contributed by atoms with Crippen LogP contribution in [0.25, 0.3) is 11.1 Å². The Morgan fingerprint density at radius 3 is 0.896 bits per heavy atom. The van der Waals surface area contributed by atoms with Crippen molar-refractivity contribution in [2.24, 2.45) is 0 Å². The van der Waals surface area contributed by atoms with Crippen molar-refractivity contribution < 1.29 is 31.9 Å². The van der Waals surface area contributed by atoms with Crippen LogP contribution in [-0.4, -0.2) is 5.60 Å². The number of benzene rings is 6. The summed E-state index contributed by atoms with van der Waals surface area (Å²) in [5, 5.41) is 0. The molecule has 9 heteroatoms. The van der Waals surface area contributed by atoms with Crippen molar-refractivity contribution in [1.29, 1.82) is 0 Å². The van der Waals surface area contributed by atoms with E-state index >= 15 is 0 Å². The fraction of sp³-hybridized carbons (Fsp3) is 0.379. The maximum Gasteiger partial charge on any atom is 0.530 e. The van der Waals surface area contributed by atoms with Gasteiger partial charge in [0.2, 0.25) is 0 Å². The van der Waals surface area contributed by atoms with Gasteiger partial charge in [-0.05, 0) is 144 Å². The van der Waals surface area contributed by atoms with Crippen LogP contribution in [0.5, 0.6) is 40.2 Å². The second-order valence-electron chi connectivity index (χ2n) is 21.8. The molecule has 0 aliphatic carbocycles. The summed E-state index contributed by atoms with van der Waals surface area (Å²) >= 11 is 0. The normalized spacial score (nSPS) is 12.3. The van der Waals surface area contributed by atoms with Crippen LogP contribution < -0.4 is 31.9 Å². The van der Waals surface area contributed by atoms with Gasteiger partial charge in [-0.15, -0.1) is 0 Å². The highest BCUT2D eigenvalue weighted by Gasteiger charge is 2.38. The van der Waals surface area contributed by atoms with Crippen LogP contribution in [0.1, 0.15) is 133 Å². The molecule has 67 heavy (non-hydrogen) atoms. The first-order chi connectivity index (χ1) is 31.2. The highest BCUT2D eigenvalue weighted by Crippen LogP contribution is 2.58. The third-order valence-corrected chi connectivity index (χ3v) is 13.4. The molecule has 0 saturated carbocycles. The summed E-state index contributed by atoms with van der Waals surface area (Å²) in [6.45, 7) is 38.8. The zero-order valence-corrected chi connectivity index (χ0v) is 44.9. The molecule has 0 radical (unpaired) electrons. The quantitative estimate of drug-likeness (QED) is 0.101. The van der Waals surface area contributed by atoms with Gasteiger partial charge in [0.25, 0.3) is 0 Å². The Labute approximate surface area is 404 Å². The Hall–Kier alpha value is -5.22. The average Bonchev–Trinajstić information content (AvgIpc) is 3.21. The van der Waals surface area contributed by atoms with Crippen LogP contribution in [0.2, 0.25) is 0 Å². The lowest BCUT2D eigenvalue weighted by atomic mass is 9.74. The minimum atomic E-state index is -2.12. The molecule has 0 heterocycles. The molecule has 0 bridgehead atoms. The molecular formula is C58H72O7P2. The first-order valence-electron chi connectivity index (χ1n) is 23.2. The molecule has 6 aromatic carbocycles. The van der Waals surface area contributed by atoms with E-state index < -0.39 is 33.6 Å². The second kappa shape index (κ2) is 20.2. The number of ether oxygens (including phenoxy) is 1. The summed E-state index contributed by atoms with van der Waals surface area (Å²) in [6.07, 6.45) is 0. The SMILES string of the molecule is Cc1ccc(OP(Oc2ccc(C)cc2)Oc2c(C(C)(C)C)cc(OC(C)(C)C)c(C)c2-c2c(C)c(C(C)(C)C)cc(C(C)(C)C)c2OP(Oc2ccc(C)cc2)Oc2ccc(C)cc2)cc1. The number of rotatable bonds is 14. The topological polar surface area (TPSA) is 64.6 Å². The molecule has 0 saturated heterocycles. The zero-order chi connectivity index (χ0) is 49.2. The van der Waals surface area contributed by atoms with E-state index in [0.29, 0.717) is 34.5 Å². The van der Waals surface area contributed by atoms with Crippen molar-refractivity contribution in [2.45, 2.75) is 146 Å². The van der Waals surface area contributed by atoms with E-state index in [2.05, 4.69) is 137 Å². The highest BCUT2D eigenvalue weighted by molar-refractivity contribution is 7.43. The number of hydrogen-bond donors (Lipinski definition) is 0. The lowest BCUT2D eigenvalue weighted by molar-refractivity contribution is 0.129. The van der Waals surface area contributed by atoms with E-state index in [0.717, 1.165) is 61.4 Å². The maximum absolute atomic E-state index is 7.44. The zero-order valence-electron chi connectivity index (χ0n) is 43.1. The molecule has 0 spiro atoms. The lowest BCUT2D eigenvalue weighted by Crippen LogP contribution is -2.25. The molecule has 0 fully saturated rings. The van der Waals surface area contributed by atoms with E-state index in [1.165, 1.54) is 5.56 Å². The van der Waals surface area contributed by atoms with Gasteiger partial charge in [-0.3, -0.25) is 0 Å². The standard InChI is InChI=1S/C58H72O7P2/c1-37-19-27-43(28-20-37)60-66(61-44-29-21-38(2)22-30-44)64-53-48(56(10,11)12)35-47(55(7,8)9)41(5)51(53)52-42(6)50(59-58(16,17)18)36-49(57(13,14)15)54(52)65-67(62-45-31-23-39(3)24-32-45)63-46-33-25-40(4)26-34-46/h19-36H,1-18H3. The van der Waals surface area contributed by atoms with Crippen molar-refractivity contribution in [3.8, 4) is 51.4 Å². The third kappa shape index (κ3) is 13.3. The van der Waals surface area contributed by atoms with Gasteiger partial charge >= 0.3 is 17.2 Å². The van der Waals surface area contributed by atoms with E-state index in [9.17, 15) is 0 Å². The highest BCUT2D eigenvalue weighted by atomic mass is 31.2. The Morgan fingerprint density at radius 1 is 0.328 bits per heavy atom. The average molecular weight is 943 g/mol. The van der Waals surface area contributed by atoms with E-state index in [1.54, 1.807) is 0 Å². The lowest BCUT2D eigenvalue weighted by Gasteiger charge is -2.35. The molecule has 0 amide bonds. The van der Waals surface area contributed by atoms with Gasteiger partial charge in [0.05, 0.1) is 0 Å². The molecule has 0 aliphatic heterocycles. The minimum Gasteiger partial charge on any atom is -0.488 e. The Kier molecular flexibility index (Phi) is 15.4. The van der Waals surface area contributed by atoms with Crippen LogP contribution in [-0.2, 0) is 16.2 Å². The predicted octanol–water partition coefficient (Wildman–Crippen LogP) is 17.8. The molecule has 0 N–H and O–H groups in total. The molecule has 0 atom stereocenters. The van der Waals surface area contributed by atoms with E-state index in [4.69, 9.17) is 31.9 Å². The van der Waals surface area contributed by atoms with Gasteiger partial charge in [-0.25, -0.2) is 0 Å². The fourth-order valence-corrected chi connectivity index (χ4v) is 9.69. The number of hydrogen-bond acceptors (Lipinski definition) is 7. The Bertz CT molecular complexity index is 2530. The molecule has 0 aromatic heterocycles. The van der Waals surface area contributed by atoms with Crippen LogP contribution in [0.3, 0.4) is 0 Å². The molecule has 356 valence electrons.